The Kier molecular flexibility index (Phi) is 16.4. The van der Waals surface area contributed by atoms with Crippen molar-refractivity contribution in [3.8, 4) is 0 Å². The Labute approximate surface area is 232 Å². The normalized spacial score (nSPS) is 21.8. The molecule has 0 radical (unpaired) electrons. The van der Waals surface area contributed by atoms with E-state index in [1.807, 2.05) is 19.1 Å². The van der Waals surface area contributed by atoms with Gasteiger partial charge in [-0.1, -0.05) is 64.1 Å². The number of likely N-dealkylation sites (tertiary alicyclic amines) is 1. The van der Waals surface area contributed by atoms with E-state index in [2.05, 4.69) is 73.3 Å². The summed E-state index contributed by atoms with van der Waals surface area (Å²) >= 11 is 6.14. The van der Waals surface area contributed by atoms with Gasteiger partial charge >= 0.3 is 0 Å². The van der Waals surface area contributed by atoms with Crippen molar-refractivity contribution in [1.82, 2.24) is 14.7 Å². The summed E-state index contributed by atoms with van der Waals surface area (Å²) in [6.45, 7) is 28.6. The average molecular weight is 531 g/mol. The molecule has 0 spiro atoms. The van der Waals surface area contributed by atoms with Crippen LogP contribution in [-0.4, -0.2) is 84.4 Å². The molecule has 6 heteroatoms. The molecule has 2 heterocycles. The summed E-state index contributed by atoms with van der Waals surface area (Å²) in [5.41, 5.74) is 2.89. The largest absolute Gasteiger partial charge is 0.511 e. The second-order valence-corrected chi connectivity index (χ2v) is 10.6. The van der Waals surface area contributed by atoms with Gasteiger partial charge in [-0.05, 0) is 81.8 Å². The van der Waals surface area contributed by atoms with Gasteiger partial charge in [0, 0.05) is 49.5 Å². The van der Waals surface area contributed by atoms with Gasteiger partial charge in [0.05, 0.1) is 6.54 Å². The molecule has 1 atom stereocenters. The summed E-state index contributed by atoms with van der Waals surface area (Å²) in [7, 11) is 0. The van der Waals surface area contributed by atoms with Gasteiger partial charge in [0.2, 0.25) is 0 Å². The van der Waals surface area contributed by atoms with E-state index in [0.717, 1.165) is 61.9 Å². The van der Waals surface area contributed by atoms with Gasteiger partial charge in [-0.25, -0.2) is 0 Å². The molecule has 1 unspecified atom stereocenters. The first-order chi connectivity index (χ1) is 17.7. The number of hydrogen-bond donors (Lipinski definition) is 1. The standard InChI is InChI=1S/C28H43ClN4O.C3H8/c1-7-24(9-10-26(29)8-2)20-31-13-11-27(12-14-31)33-16-15-32(19-23(33)5)21-28(34)17-25(18-30-6)22(3)4;1-3-2/h7,9-10,17-18,23,27,34H,1,3,6,8,11-16,19-21H2,2,4-5H3;3H2,1-2H3/b24-9+,25-18+,26-10+,28-17+;. The third-order valence-electron chi connectivity index (χ3n) is 6.70. The van der Waals surface area contributed by atoms with Crippen molar-refractivity contribution in [2.75, 3.05) is 45.8 Å². The van der Waals surface area contributed by atoms with E-state index in [1.54, 1.807) is 12.3 Å². The zero-order valence-corrected chi connectivity index (χ0v) is 24.8. The Hall–Kier alpha value is -1.92. The number of hydrogen-bond acceptors (Lipinski definition) is 5. The predicted molar refractivity (Wildman–Crippen MR) is 164 cm³/mol. The fraction of sp³-hybridized carbons (Fsp3) is 0.581. The van der Waals surface area contributed by atoms with Crippen molar-refractivity contribution < 1.29 is 5.11 Å². The van der Waals surface area contributed by atoms with E-state index >= 15 is 0 Å². The lowest BCUT2D eigenvalue weighted by Gasteiger charge is -2.46. The van der Waals surface area contributed by atoms with Crippen LogP contribution < -0.4 is 0 Å². The first kappa shape index (κ1) is 33.1. The Morgan fingerprint density at radius 3 is 2.22 bits per heavy atom. The number of piperazine rings is 1. The fourth-order valence-electron chi connectivity index (χ4n) is 4.72. The molecule has 0 aromatic heterocycles. The quantitative estimate of drug-likeness (QED) is 0.175. The van der Waals surface area contributed by atoms with Gasteiger partial charge in [0.25, 0.3) is 0 Å². The van der Waals surface area contributed by atoms with Gasteiger partial charge in [0.1, 0.15) is 5.76 Å². The van der Waals surface area contributed by atoms with Crippen molar-refractivity contribution in [3.63, 3.8) is 0 Å². The number of aliphatic hydroxyl groups is 1. The van der Waals surface area contributed by atoms with E-state index in [-0.39, 0.29) is 0 Å². The number of rotatable bonds is 11. The van der Waals surface area contributed by atoms with E-state index < -0.39 is 0 Å². The second-order valence-electron chi connectivity index (χ2n) is 10.1. The van der Waals surface area contributed by atoms with Crippen LogP contribution in [0.25, 0.3) is 0 Å². The minimum atomic E-state index is 0.341. The lowest BCUT2D eigenvalue weighted by atomic mass is 9.99. The lowest BCUT2D eigenvalue weighted by molar-refractivity contribution is 0.0235. The van der Waals surface area contributed by atoms with Crippen molar-refractivity contribution in [2.24, 2.45) is 4.99 Å². The van der Waals surface area contributed by atoms with Crippen molar-refractivity contribution in [2.45, 2.75) is 72.4 Å². The molecule has 2 fully saturated rings. The number of piperidine rings is 1. The molecule has 0 bridgehead atoms. The van der Waals surface area contributed by atoms with Crippen LogP contribution in [0.4, 0.5) is 0 Å². The van der Waals surface area contributed by atoms with Crippen LogP contribution in [0.15, 0.2) is 76.2 Å². The highest BCUT2D eigenvalue weighted by Crippen LogP contribution is 2.23. The van der Waals surface area contributed by atoms with Crippen LogP contribution in [0, 0.1) is 0 Å². The van der Waals surface area contributed by atoms with Crippen LogP contribution in [0.3, 0.4) is 0 Å². The summed E-state index contributed by atoms with van der Waals surface area (Å²) in [5.74, 6) is 0.341. The minimum Gasteiger partial charge on any atom is -0.511 e. The maximum Gasteiger partial charge on any atom is 0.107 e. The van der Waals surface area contributed by atoms with Crippen LogP contribution in [0.1, 0.15) is 60.3 Å². The van der Waals surface area contributed by atoms with Gasteiger partial charge in [-0.15, -0.1) is 0 Å². The number of nitrogens with zero attached hydrogens (tertiary/aromatic N) is 4. The fourth-order valence-corrected chi connectivity index (χ4v) is 4.79. The topological polar surface area (TPSA) is 42.3 Å². The molecule has 0 amide bonds. The first-order valence-electron chi connectivity index (χ1n) is 13.8. The number of allylic oxidation sites excluding steroid dienone is 6. The first-order valence-corrected chi connectivity index (χ1v) is 14.2. The van der Waals surface area contributed by atoms with Gasteiger partial charge in [0.15, 0.2) is 0 Å². The Morgan fingerprint density at radius 2 is 1.70 bits per heavy atom. The molecule has 0 aromatic rings. The van der Waals surface area contributed by atoms with Crippen LogP contribution in [0.2, 0.25) is 0 Å². The highest BCUT2D eigenvalue weighted by atomic mass is 35.5. The summed E-state index contributed by atoms with van der Waals surface area (Å²) < 4.78 is 0. The molecule has 0 aliphatic carbocycles. The molecule has 5 nitrogen and oxygen atoms in total. The third kappa shape index (κ3) is 12.4. The van der Waals surface area contributed by atoms with Crippen LogP contribution in [0.5, 0.6) is 0 Å². The SMILES string of the molecule is C=C/C(=C\C=C(\Cl)CC)CN1CCC(N2CCN(C/C(O)=C\C(=C/N=C)C(=C)C)CC2C)CC1.CCC. The zero-order chi connectivity index (χ0) is 27.8. The van der Waals surface area contributed by atoms with Crippen molar-refractivity contribution >= 4 is 18.3 Å². The van der Waals surface area contributed by atoms with Crippen LogP contribution in [-0.2, 0) is 0 Å². The maximum atomic E-state index is 10.5. The van der Waals surface area contributed by atoms with Crippen molar-refractivity contribution in [3.05, 3.63) is 71.2 Å². The van der Waals surface area contributed by atoms with Crippen molar-refractivity contribution in [1.29, 1.82) is 0 Å². The average Bonchev–Trinajstić information content (AvgIpc) is 2.87. The molecular weight excluding hydrogens is 480 g/mol. The number of aliphatic imine (C=N–C) groups is 1. The van der Waals surface area contributed by atoms with Gasteiger partial charge in [-0.3, -0.25) is 19.7 Å². The smallest absolute Gasteiger partial charge is 0.107 e. The molecule has 208 valence electrons. The van der Waals surface area contributed by atoms with Gasteiger partial charge < -0.3 is 5.11 Å². The van der Waals surface area contributed by atoms with Crippen LogP contribution >= 0.6 is 11.6 Å². The summed E-state index contributed by atoms with van der Waals surface area (Å²) in [5, 5.41) is 11.4. The molecule has 2 rings (SSSR count). The Morgan fingerprint density at radius 1 is 1.05 bits per heavy atom. The molecule has 0 saturated carbocycles. The monoisotopic (exact) mass is 530 g/mol. The summed E-state index contributed by atoms with van der Waals surface area (Å²) in [6.07, 6.45) is 13.9. The molecule has 37 heavy (non-hydrogen) atoms. The number of aliphatic hydroxyl groups excluding tert-OH is 1. The maximum absolute atomic E-state index is 10.5. The molecule has 2 saturated heterocycles. The van der Waals surface area contributed by atoms with E-state index in [4.69, 9.17) is 11.6 Å². The molecule has 2 aliphatic rings. The van der Waals surface area contributed by atoms with E-state index in [9.17, 15) is 5.11 Å². The summed E-state index contributed by atoms with van der Waals surface area (Å²) in [6, 6.07) is 1.09. The van der Waals surface area contributed by atoms with Gasteiger partial charge in [-0.2, -0.15) is 0 Å². The minimum absolute atomic E-state index is 0.341. The Bertz CT molecular complexity index is 849. The number of halogens is 1. The highest BCUT2D eigenvalue weighted by Gasteiger charge is 2.31. The van der Waals surface area contributed by atoms with E-state index in [1.165, 1.54) is 24.8 Å². The highest BCUT2D eigenvalue weighted by molar-refractivity contribution is 6.29. The predicted octanol–water partition coefficient (Wildman–Crippen LogP) is 7.12. The second kappa shape index (κ2) is 18.4. The lowest BCUT2D eigenvalue weighted by Crippen LogP contribution is -2.57. The molecular formula is C31H51ClN4O. The van der Waals surface area contributed by atoms with E-state index in [0.29, 0.717) is 24.4 Å². The molecule has 0 aromatic carbocycles. The molecule has 1 N–H and O–H groups in total. The Balaban J connectivity index is 0.00000217. The third-order valence-corrected chi connectivity index (χ3v) is 7.10. The molecule has 2 aliphatic heterocycles. The summed E-state index contributed by atoms with van der Waals surface area (Å²) in [4.78, 5) is 11.3. The zero-order valence-electron chi connectivity index (χ0n) is 24.1.